The summed E-state index contributed by atoms with van der Waals surface area (Å²) in [7, 11) is 3.04. The van der Waals surface area contributed by atoms with E-state index in [0.29, 0.717) is 22.6 Å². The third-order valence-corrected chi connectivity index (χ3v) is 4.06. The molecule has 0 atom stereocenters. The number of rotatable bonds is 5. The van der Waals surface area contributed by atoms with Gasteiger partial charge in [-0.3, -0.25) is 19.4 Å². The number of Topliss-reactive ketones (excluding diaryl/α,β-unsaturated/α-hetero) is 1. The lowest BCUT2D eigenvalue weighted by Crippen LogP contribution is -2.47. The molecule has 28 heavy (non-hydrogen) atoms. The maximum atomic E-state index is 12.3. The molecule has 0 fully saturated rings. The predicted molar refractivity (Wildman–Crippen MR) is 105 cm³/mol. The van der Waals surface area contributed by atoms with Gasteiger partial charge in [0.25, 0.3) is 11.1 Å². The lowest BCUT2D eigenvalue weighted by Gasteiger charge is -2.07. The van der Waals surface area contributed by atoms with E-state index in [9.17, 15) is 14.4 Å². The molecule has 7 nitrogen and oxygen atoms in total. The maximum Gasteiger partial charge on any atom is 0.274 e. The predicted octanol–water partition coefficient (Wildman–Crippen LogP) is 0.573. The van der Waals surface area contributed by atoms with Gasteiger partial charge in [0.1, 0.15) is 22.2 Å². The Balaban J connectivity index is 2.14. The molecule has 1 heterocycles. The highest BCUT2D eigenvalue weighted by Gasteiger charge is 2.05. The molecular weight excluding hydrogens is 360 g/mol. The molecule has 2 N–H and O–H groups in total. The van der Waals surface area contributed by atoms with Gasteiger partial charge in [0.15, 0.2) is 5.78 Å². The smallest absolute Gasteiger partial charge is 0.274 e. The summed E-state index contributed by atoms with van der Waals surface area (Å²) in [6.07, 6.45) is 2.69. The number of hydrogen-bond acceptors (Lipinski definition) is 5. The van der Waals surface area contributed by atoms with Crippen molar-refractivity contribution in [2.75, 3.05) is 14.2 Å². The van der Waals surface area contributed by atoms with Gasteiger partial charge in [-0.25, -0.2) is 0 Å². The van der Waals surface area contributed by atoms with E-state index in [1.54, 1.807) is 48.5 Å². The Morgan fingerprint density at radius 2 is 1.61 bits per heavy atom. The number of aromatic amines is 2. The first kappa shape index (κ1) is 18.9. The fourth-order valence-corrected chi connectivity index (χ4v) is 2.61. The van der Waals surface area contributed by atoms with Gasteiger partial charge in [0.2, 0.25) is 0 Å². The summed E-state index contributed by atoms with van der Waals surface area (Å²) in [6.45, 7) is 0. The topological polar surface area (TPSA) is 101 Å². The molecule has 0 aliphatic rings. The lowest BCUT2D eigenvalue weighted by atomic mass is 10.1. The van der Waals surface area contributed by atoms with Crippen molar-refractivity contribution in [1.82, 2.24) is 9.97 Å². The zero-order chi connectivity index (χ0) is 20.1. The van der Waals surface area contributed by atoms with Crippen molar-refractivity contribution >= 4 is 17.9 Å². The number of aromatic nitrogens is 2. The number of H-pyrrole nitrogens is 2. The fourth-order valence-electron chi connectivity index (χ4n) is 2.61. The first-order valence-corrected chi connectivity index (χ1v) is 8.39. The second kappa shape index (κ2) is 8.22. The molecule has 2 aromatic carbocycles. The third-order valence-electron chi connectivity index (χ3n) is 4.06. The van der Waals surface area contributed by atoms with Gasteiger partial charge in [-0.05, 0) is 18.2 Å². The van der Waals surface area contributed by atoms with E-state index in [4.69, 9.17) is 9.47 Å². The number of carbonyl (C=O) groups is 1. The average molecular weight is 378 g/mol. The van der Waals surface area contributed by atoms with E-state index < -0.39 is 11.1 Å². The zero-order valence-electron chi connectivity index (χ0n) is 15.3. The first-order valence-electron chi connectivity index (χ1n) is 8.39. The van der Waals surface area contributed by atoms with Gasteiger partial charge < -0.3 is 14.5 Å². The van der Waals surface area contributed by atoms with Crippen molar-refractivity contribution in [2.45, 2.75) is 0 Å². The molecule has 0 bridgehead atoms. The Kier molecular flexibility index (Phi) is 5.55. The highest BCUT2D eigenvalue weighted by Crippen LogP contribution is 2.24. The summed E-state index contributed by atoms with van der Waals surface area (Å²) in [5, 5.41) is 0.0855. The number of ether oxygens (including phenoxy) is 2. The van der Waals surface area contributed by atoms with Crippen LogP contribution in [0.2, 0.25) is 0 Å². The second-order valence-electron chi connectivity index (χ2n) is 5.86. The molecule has 0 aliphatic carbocycles. The van der Waals surface area contributed by atoms with Crippen LogP contribution in [0.3, 0.4) is 0 Å². The maximum absolute atomic E-state index is 12.3. The van der Waals surface area contributed by atoms with Crippen molar-refractivity contribution in [3.8, 4) is 11.5 Å². The van der Waals surface area contributed by atoms with Crippen LogP contribution in [0.25, 0.3) is 12.2 Å². The van der Waals surface area contributed by atoms with Gasteiger partial charge in [0.05, 0.1) is 14.2 Å². The van der Waals surface area contributed by atoms with Crippen molar-refractivity contribution in [1.29, 1.82) is 0 Å². The Hall–Kier alpha value is -3.87. The number of nitrogens with one attached hydrogen (secondary N) is 2. The van der Waals surface area contributed by atoms with Crippen LogP contribution in [0.4, 0.5) is 0 Å². The standard InChI is InChI=1S/C21H18N2O5/c1-27-15-9-8-14(19(11-15)28-2)10-16-20(25)23-21(26)17(22-16)12-18(24)13-6-4-3-5-7-13/h3-12,22H,1-2H3,(H,23,25,26)/b16-10+,17-12+. The number of carbonyl (C=O) groups excluding carboxylic acids is 1. The number of hydrogen-bond donors (Lipinski definition) is 2. The van der Waals surface area contributed by atoms with Gasteiger partial charge in [-0.2, -0.15) is 0 Å². The van der Waals surface area contributed by atoms with Crippen LogP contribution < -0.4 is 31.3 Å². The number of ketones is 1. The molecule has 0 amide bonds. The van der Waals surface area contributed by atoms with Gasteiger partial charge in [-0.1, -0.05) is 30.3 Å². The molecule has 0 spiro atoms. The minimum absolute atomic E-state index is 0.0211. The monoisotopic (exact) mass is 378 g/mol. The Bertz CT molecular complexity index is 1240. The lowest BCUT2D eigenvalue weighted by molar-refractivity contribution is 0.106. The Morgan fingerprint density at radius 1 is 0.893 bits per heavy atom. The highest BCUT2D eigenvalue weighted by atomic mass is 16.5. The quantitative estimate of drug-likeness (QED) is 0.632. The number of methoxy groups -OCH3 is 2. The summed E-state index contributed by atoms with van der Waals surface area (Å²) in [4.78, 5) is 41.6. The van der Waals surface area contributed by atoms with Crippen LogP contribution in [-0.2, 0) is 0 Å². The molecule has 0 saturated carbocycles. The largest absolute Gasteiger partial charge is 0.497 e. The van der Waals surface area contributed by atoms with Crippen LogP contribution in [0, 0.1) is 0 Å². The minimum atomic E-state index is -0.673. The Morgan fingerprint density at radius 3 is 2.29 bits per heavy atom. The molecule has 1 aromatic heterocycles. The third kappa shape index (κ3) is 4.09. The van der Waals surface area contributed by atoms with Crippen molar-refractivity contribution in [3.05, 3.63) is 91.1 Å². The molecule has 7 heteroatoms. The molecule has 0 saturated heterocycles. The first-order chi connectivity index (χ1) is 13.5. The van der Waals surface area contributed by atoms with E-state index >= 15 is 0 Å². The molecule has 0 aliphatic heterocycles. The van der Waals surface area contributed by atoms with E-state index in [1.807, 2.05) is 0 Å². The van der Waals surface area contributed by atoms with Crippen LogP contribution in [0.5, 0.6) is 11.5 Å². The summed E-state index contributed by atoms with van der Waals surface area (Å²) in [5.41, 5.74) is -0.242. The highest BCUT2D eigenvalue weighted by molar-refractivity contribution is 6.16. The van der Waals surface area contributed by atoms with Gasteiger partial charge >= 0.3 is 0 Å². The molecule has 3 rings (SSSR count). The fraction of sp³-hybridized carbons (Fsp3) is 0.0952. The summed E-state index contributed by atoms with van der Waals surface area (Å²) >= 11 is 0. The van der Waals surface area contributed by atoms with Gasteiger partial charge in [0, 0.05) is 23.3 Å². The normalized spacial score (nSPS) is 12.1. The van der Waals surface area contributed by atoms with Crippen LogP contribution in [0.15, 0.2) is 58.1 Å². The summed E-state index contributed by atoms with van der Waals surface area (Å²) in [6, 6.07) is 13.6. The molecule has 0 radical (unpaired) electrons. The van der Waals surface area contributed by atoms with E-state index in [1.165, 1.54) is 20.3 Å². The molecule has 142 valence electrons. The average Bonchev–Trinajstić information content (AvgIpc) is 2.72. The summed E-state index contributed by atoms with van der Waals surface area (Å²) < 4.78 is 10.5. The minimum Gasteiger partial charge on any atom is -0.497 e. The molecule has 0 unspecified atom stereocenters. The summed E-state index contributed by atoms with van der Waals surface area (Å²) in [5.74, 6) is 0.738. The van der Waals surface area contributed by atoms with E-state index in [2.05, 4.69) is 9.97 Å². The van der Waals surface area contributed by atoms with Crippen LogP contribution in [-0.4, -0.2) is 30.0 Å². The number of benzene rings is 2. The zero-order valence-corrected chi connectivity index (χ0v) is 15.3. The van der Waals surface area contributed by atoms with Crippen LogP contribution in [0.1, 0.15) is 15.9 Å². The van der Waals surface area contributed by atoms with Crippen molar-refractivity contribution in [3.63, 3.8) is 0 Å². The Labute approximate surface area is 159 Å². The second-order valence-corrected chi connectivity index (χ2v) is 5.86. The van der Waals surface area contributed by atoms with Crippen molar-refractivity contribution < 1.29 is 14.3 Å². The van der Waals surface area contributed by atoms with E-state index in [-0.39, 0.29) is 16.5 Å². The van der Waals surface area contributed by atoms with E-state index in [0.717, 1.165) is 6.08 Å². The SMILES string of the molecule is COc1ccc(/C=c2/[nH]/c(=C/C(=O)c3ccccc3)c(=O)[nH]c2=O)c(OC)c1. The molecule has 3 aromatic rings. The van der Waals surface area contributed by atoms with Crippen LogP contribution >= 0.6 is 0 Å². The van der Waals surface area contributed by atoms with Gasteiger partial charge in [-0.15, -0.1) is 0 Å². The molecular formula is C21H18N2O5. The van der Waals surface area contributed by atoms with Crippen molar-refractivity contribution in [2.24, 2.45) is 0 Å².